The number of halogens is 2. The summed E-state index contributed by atoms with van der Waals surface area (Å²) in [4.78, 5) is 2.79. The third-order valence-electron chi connectivity index (χ3n) is 6.29. The van der Waals surface area contributed by atoms with Crippen LogP contribution in [0.1, 0.15) is 62.1 Å². The summed E-state index contributed by atoms with van der Waals surface area (Å²) in [5, 5.41) is 1.65. The summed E-state index contributed by atoms with van der Waals surface area (Å²) >= 11 is 12.5. The highest BCUT2D eigenvalue weighted by atomic mass is 35.5. The van der Waals surface area contributed by atoms with Gasteiger partial charge < -0.3 is 0 Å². The van der Waals surface area contributed by atoms with Gasteiger partial charge in [-0.1, -0.05) is 54.4 Å². The molecule has 2 aromatic carbocycles. The van der Waals surface area contributed by atoms with Gasteiger partial charge in [-0.2, -0.15) is 0 Å². The minimum atomic E-state index is 0.412. The predicted molar refractivity (Wildman–Crippen MR) is 111 cm³/mol. The van der Waals surface area contributed by atoms with Crippen LogP contribution in [0.3, 0.4) is 0 Å². The molecule has 1 aliphatic heterocycles. The summed E-state index contributed by atoms with van der Waals surface area (Å²) in [6.07, 6.45) is 6.48. The molecule has 26 heavy (non-hydrogen) atoms. The van der Waals surface area contributed by atoms with Crippen LogP contribution in [0.15, 0.2) is 48.5 Å². The van der Waals surface area contributed by atoms with E-state index in [2.05, 4.69) is 42.2 Å². The Hall–Kier alpha value is -1.02. The van der Waals surface area contributed by atoms with Gasteiger partial charge in [-0.05, 0) is 80.0 Å². The van der Waals surface area contributed by atoms with Crippen molar-refractivity contribution in [2.45, 2.75) is 57.0 Å². The van der Waals surface area contributed by atoms with Crippen LogP contribution in [-0.2, 0) is 0 Å². The van der Waals surface area contributed by atoms with Gasteiger partial charge in [0.15, 0.2) is 0 Å². The number of hydrogen-bond donors (Lipinski definition) is 0. The van der Waals surface area contributed by atoms with E-state index in [0.717, 1.165) is 16.0 Å². The van der Waals surface area contributed by atoms with E-state index < -0.39 is 0 Å². The van der Waals surface area contributed by atoms with Gasteiger partial charge in [0.2, 0.25) is 0 Å². The molecule has 4 atom stereocenters. The molecule has 138 valence electrons. The third kappa shape index (κ3) is 3.81. The molecule has 0 amide bonds. The fourth-order valence-electron chi connectivity index (χ4n) is 5.08. The van der Waals surface area contributed by atoms with Gasteiger partial charge >= 0.3 is 0 Å². The molecular formula is C23H27Cl2N. The van der Waals surface area contributed by atoms with Crippen LogP contribution in [0.2, 0.25) is 10.0 Å². The third-order valence-corrected chi connectivity index (χ3v) is 6.78. The lowest BCUT2D eigenvalue weighted by Crippen LogP contribution is -2.43. The van der Waals surface area contributed by atoms with Crippen LogP contribution in [0, 0.1) is 5.92 Å². The molecule has 2 aromatic rings. The summed E-state index contributed by atoms with van der Waals surface area (Å²) in [6, 6.07) is 18.1. The first-order valence-corrected chi connectivity index (χ1v) is 10.6. The van der Waals surface area contributed by atoms with Gasteiger partial charge in [0.1, 0.15) is 0 Å². The second-order valence-electron chi connectivity index (χ2n) is 8.11. The van der Waals surface area contributed by atoms with E-state index in [1.165, 1.54) is 49.8 Å². The number of hydrogen-bond acceptors (Lipinski definition) is 1. The Bertz CT molecular complexity index is 742. The smallest absolute Gasteiger partial charge is 0.0419 e. The molecule has 1 nitrogen and oxygen atoms in total. The largest absolute Gasteiger partial charge is 0.293 e. The number of benzene rings is 2. The van der Waals surface area contributed by atoms with Crippen molar-refractivity contribution < 1.29 is 0 Å². The first-order chi connectivity index (χ1) is 12.6. The van der Waals surface area contributed by atoms with E-state index in [1.807, 2.05) is 18.2 Å². The minimum absolute atomic E-state index is 0.412. The van der Waals surface area contributed by atoms with Gasteiger partial charge in [0.25, 0.3) is 0 Å². The molecule has 3 heteroatoms. The van der Waals surface area contributed by atoms with E-state index in [0.29, 0.717) is 18.0 Å². The molecule has 0 bridgehead atoms. The summed E-state index contributed by atoms with van der Waals surface area (Å²) in [7, 11) is 0. The molecule has 2 aliphatic rings. The van der Waals surface area contributed by atoms with Gasteiger partial charge in [0.05, 0.1) is 0 Å². The Kier molecular flexibility index (Phi) is 5.59. The molecular weight excluding hydrogens is 361 g/mol. The van der Waals surface area contributed by atoms with Crippen molar-refractivity contribution in [3.63, 3.8) is 0 Å². The zero-order chi connectivity index (χ0) is 18.1. The van der Waals surface area contributed by atoms with Crippen LogP contribution in [0.25, 0.3) is 0 Å². The van der Waals surface area contributed by atoms with E-state index in [4.69, 9.17) is 23.2 Å². The molecule has 1 saturated carbocycles. The molecule has 2 fully saturated rings. The fourth-order valence-corrected chi connectivity index (χ4v) is 5.40. The maximum absolute atomic E-state index is 6.33. The summed E-state index contributed by atoms with van der Waals surface area (Å²) in [5.74, 6) is 1.33. The number of nitrogens with zero attached hydrogens (tertiary/aromatic N) is 1. The quantitative estimate of drug-likeness (QED) is 0.542. The Morgan fingerprint density at radius 1 is 0.885 bits per heavy atom. The van der Waals surface area contributed by atoms with Crippen molar-refractivity contribution in [1.82, 2.24) is 4.90 Å². The number of likely N-dealkylation sites (tertiary alicyclic amines) is 1. The molecule has 4 rings (SSSR count). The average Bonchev–Trinajstić information content (AvgIpc) is 3.08. The lowest BCUT2D eigenvalue weighted by atomic mass is 9.79. The monoisotopic (exact) mass is 387 g/mol. The zero-order valence-electron chi connectivity index (χ0n) is 15.4. The van der Waals surface area contributed by atoms with E-state index in [1.54, 1.807) is 0 Å². The fraction of sp³-hybridized carbons (Fsp3) is 0.478. The van der Waals surface area contributed by atoms with Crippen molar-refractivity contribution >= 4 is 23.2 Å². The van der Waals surface area contributed by atoms with Crippen LogP contribution < -0.4 is 0 Å². The van der Waals surface area contributed by atoms with Crippen LogP contribution in [0.4, 0.5) is 0 Å². The van der Waals surface area contributed by atoms with Crippen LogP contribution >= 0.6 is 23.2 Å². The molecule has 0 N–H and O–H groups in total. The SMILES string of the molecule is C[C@@H]1CCC(N2CCC[C@H](c3cccc(Cl)c3)[C@H]2c2ccc(Cl)cc2)C1. The van der Waals surface area contributed by atoms with Crippen molar-refractivity contribution in [3.8, 4) is 0 Å². The Morgan fingerprint density at radius 2 is 1.69 bits per heavy atom. The normalized spacial score (nSPS) is 29.8. The minimum Gasteiger partial charge on any atom is -0.293 e. The Balaban J connectivity index is 1.72. The molecule has 1 heterocycles. The summed E-state index contributed by atoms with van der Waals surface area (Å²) < 4.78 is 0. The molecule has 0 aromatic heterocycles. The molecule has 0 spiro atoms. The summed E-state index contributed by atoms with van der Waals surface area (Å²) in [5.41, 5.74) is 2.76. The highest BCUT2D eigenvalue weighted by Crippen LogP contribution is 2.46. The molecule has 1 unspecified atom stereocenters. The second-order valence-corrected chi connectivity index (χ2v) is 8.98. The highest BCUT2D eigenvalue weighted by molar-refractivity contribution is 6.30. The lowest BCUT2D eigenvalue weighted by molar-refractivity contribution is 0.0776. The zero-order valence-corrected chi connectivity index (χ0v) is 16.9. The van der Waals surface area contributed by atoms with Crippen LogP contribution in [-0.4, -0.2) is 17.5 Å². The van der Waals surface area contributed by atoms with Gasteiger partial charge in [-0.3, -0.25) is 4.90 Å². The Morgan fingerprint density at radius 3 is 2.38 bits per heavy atom. The van der Waals surface area contributed by atoms with Gasteiger partial charge in [-0.25, -0.2) is 0 Å². The first-order valence-electron chi connectivity index (χ1n) is 9.88. The van der Waals surface area contributed by atoms with E-state index in [9.17, 15) is 0 Å². The standard InChI is InChI=1S/C23H27Cl2N/c1-16-7-12-21(14-16)26-13-3-6-22(18-4-2-5-20(25)15-18)23(26)17-8-10-19(24)11-9-17/h2,4-5,8-11,15-16,21-23H,3,6-7,12-14H2,1H3/t16-,21?,22-,23-/m1/s1. The van der Waals surface area contributed by atoms with Gasteiger partial charge in [0, 0.05) is 28.0 Å². The topological polar surface area (TPSA) is 3.24 Å². The summed E-state index contributed by atoms with van der Waals surface area (Å²) in [6.45, 7) is 3.59. The molecule has 1 aliphatic carbocycles. The van der Waals surface area contributed by atoms with Crippen LogP contribution in [0.5, 0.6) is 0 Å². The number of rotatable bonds is 3. The average molecular weight is 388 g/mol. The lowest BCUT2D eigenvalue weighted by Gasteiger charge is -2.45. The van der Waals surface area contributed by atoms with Crippen molar-refractivity contribution in [2.24, 2.45) is 5.92 Å². The molecule has 1 saturated heterocycles. The van der Waals surface area contributed by atoms with Crippen molar-refractivity contribution in [2.75, 3.05) is 6.54 Å². The Labute approximate surface area is 167 Å². The molecule has 0 radical (unpaired) electrons. The van der Waals surface area contributed by atoms with E-state index in [-0.39, 0.29) is 0 Å². The van der Waals surface area contributed by atoms with Crippen molar-refractivity contribution in [3.05, 3.63) is 69.7 Å². The van der Waals surface area contributed by atoms with Crippen molar-refractivity contribution in [1.29, 1.82) is 0 Å². The van der Waals surface area contributed by atoms with E-state index >= 15 is 0 Å². The maximum Gasteiger partial charge on any atom is 0.0419 e. The number of piperidine rings is 1. The van der Waals surface area contributed by atoms with Gasteiger partial charge in [-0.15, -0.1) is 0 Å². The first kappa shape index (κ1) is 18.3. The predicted octanol–water partition coefficient (Wildman–Crippen LogP) is 7.10. The maximum atomic E-state index is 6.33. The second kappa shape index (κ2) is 7.92. The highest BCUT2D eigenvalue weighted by Gasteiger charge is 2.39.